The van der Waals surface area contributed by atoms with Crippen molar-refractivity contribution in [1.29, 1.82) is 0 Å². The van der Waals surface area contributed by atoms with E-state index in [1.165, 1.54) is 28.9 Å². The van der Waals surface area contributed by atoms with Crippen molar-refractivity contribution in [2.24, 2.45) is 0 Å². The number of rotatable bonds is 4. The van der Waals surface area contributed by atoms with Crippen LogP contribution in [0.3, 0.4) is 0 Å². The van der Waals surface area contributed by atoms with Crippen LogP contribution in [0.15, 0.2) is 94.7 Å². The van der Waals surface area contributed by atoms with Gasteiger partial charge in [-0.1, -0.05) is 60.3 Å². The van der Waals surface area contributed by atoms with Crippen molar-refractivity contribution in [3.63, 3.8) is 0 Å². The van der Waals surface area contributed by atoms with Crippen LogP contribution in [0.1, 0.15) is 16.1 Å². The number of halogens is 1. The molecule has 0 fully saturated rings. The molecule has 0 spiro atoms. The van der Waals surface area contributed by atoms with Gasteiger partial charge < -0.3 is 0 Å². The van der Waals surface area contributed by atoms with Crippen molar-refractivity contribution in [1.82, 2.24) is 9.78 Å². The van der Waals surface area contributed by atoms with Crippen molar-refractivity contribution < 1.29 is 9.18 Å². The first-order valence-electron chi connectivity index (χ1n) is 8.81. The van der Waals surface area contributed by atoms with E-state index in [4.69, 9.17) is 0 Å². The number of carbonyl (C=O) groups excluding carboxylic acids is 1. The number of carbonyl (C=O) groups is 1. The Bertz CT molecular complexity index is 1110. The molecule has 0 unspecified atom stereocenters. The molecule has 0 atom stereocenters. The highest BCUT2D eigenvalue weighted by Crippen LogP contribution is 2.38. The normalized spacial score (nSPS) is 10.8. The SMILES string of the molecule is Cc1nn(C(=O)c2ccc(F)cc2)c(-c2ccccc2)c1Sc1ccccc1. The molecule has 0 bridgehead atoms. The number of aromatic nitrogens is 2. The van der Waals surface area contributed by atoms with Gasteiger partial charge >= 0.3 is 0 Å². The van der Waals surface area contributed by atoms with Gasteiger partial charge in [0.15, 0.2) is 0 Å². The van der Waals surface area contributed by atoms with Crippen LogP contribution in [0.25, 0.3) is 11.3 Å². The first-order chi connectivity index (χ1) is 13.6. The van der Waals surface area contributed by atoms with Gasteiger partial charge in [0.2, 0.25) is 0 Å². The molecule has 0 amide bonds. The third kappa shape index (κ3) is 3.62. The van der Waals surface area contributed by atoms with E-state index in [0.717, 1.165) is 26.7 Å². The summed E-state index contributed by atoms with van der Waals surface area (Å²) in [6, 6.07) is 25.2. The minimum absolute atomic E-state index is 0.290. The van der Waals surface area contributed by atoms with E-state index in [1.54, 1.807) is 11.8 Å². The zero-order valence-electron chi connectivity index (χ0n) is 15.2. The highest BCUT2D eigenvalue weighted by Gasteiger charge is 2.23. The van der Waals surface area contributed by atoms with Gasteiger partial charge in [0.05, 0.1) is 16.3 Å². The third-order valence-electron chi connectivity index (χ3n) is 4.30. The summed E-state index contributed by atoms with van der Waals surface area (Å²) >= 11 is 1.58. The smallest absolute Gasteiger partial charge is 0.267 e. The molecule has 0 saturated heterocycles. The van der Waals surface area contributed by atoms with E-state index in [-0.39, 0.29) is 11.7 Å². The Balaban J connectivity index is 1.85. The van der Waals surface area contributed by atoms with Crippen LogP contribution in [-0.4, -0.2) is 15.7 Å². The molecule has 0 aliphatic rings. The third-order valence-corrected chi connectivity index (χ3v) is 5.50. The molecule has 0 N–H and O–H groups in total. The number of benzene rings is 3. The van der Waals surface area contributed by atoms with Crippen LogP contribution in [0.5, 0.6) is 0 Å². The van der Waals surface area contributed by atoms with Crippen LogP contribution < -0.4 is 0 Å². The summed E-state index contributed by atoms with van der Waals surface area (Å²) in [7, 11) is 0. The maximum absolute atomic E-state index is 13.3. The second-order valence-electron chi connectivity index (χ2n) is 6.27. The highest BCUT2D eigenvalue weighted by molar-refractivity contribution is 7.99. The predicted molar refractivity (Wildman–Crippen MR) is 109 cm³/mol. The highest BCUT2D eigenvalue weighted by atomic mass is 32.2. The van der Waals surface area contributed by atoms with Crippen molar-refractivity contribution in [2.45, 2.75) is 16.7 Å². The number of nitrogens with zero attached hydrogens (tertiary/aromatic N) is 2. The summed E-state index contributed by atoms with van der Waals surface area (Å²) in [6.45, 7) is 1.89. The van der Waals surface area contributed by atoms with Crippen LogP contribution in [0, 0.1) is 12.7 Å². The summed E-state index contributed by atoms with van der Waals surface area (Å²) in [4.78, 5) is 15.1. The fourth-order valence-electron chi connectivity index (χ4n) is 2.95. The maximum Gasteiger partial charge on any atom is 0.278 e. The van der Waals surface area contributed by atoms with Crippen LogP contribution in [0.2, 0.25) is 0 Å². The molecule has 28 heavy (non-hydrogen) atoms. The van der Waals surface area contributed by atoms with Crippen molar-refractivity contribution in [3.05, 3.63) is 102 Å². The standard InChI is InChI=1S/C23H17FN2OS/c1-16-22(28-20-10-6-3-7-11-20)21(17-8-4-2-5-9-17)26(25-16)23(27)18-12-14-19(24)15-13-18/h2-15H,1H3. The van der Waals surface area contributed by atoms with Gasteiger partial charge in [0.1, 0.15) is 5.82 Å². The van der Waals surface area contributed by atoms with Gasteiger partial charge in [-0.2, -0.15) is 9.78 Å². The second kappa shape index (κ2) is 7.82. The Labute approximate surface area is 166 Å². The molecule has 4 rings (SSSR count). The Morgan fingerprint density at radius 2 is 1.50 bits per heavy atom. The molecule has 0 saturated carbocycles. The summed E-state index contributed by atoms with van der Waals surface area (Å²) in [6.07, 6.45) is 0. The second-order valence-corrected chi connectivity index (χ2v) is 7.35. The van der Waals surface area contributed by atoms with Gasteiger partial charge in [-0.05, 0) is 43.3 Å². The zero-order chi connectivity index (χ0) is 19.5. The van der Waals surface area contributed by atoms with E-state index in [2.05, 4.69) is 5.10 Å². The molecular formula is C23H17FN2OS. The summed E-state index contributed by atoms with van der Waals surface area (Å²) in [5, 5.41) is 4.53. The van der Waals surface area contributed by atoms with Gasteiger partial charge in [0.25, 0.3) is 5.91 Å². The van der Waals surface area contributed by atoms with Crippen molar-refractivity contribution in [2.75, 3.05) is 0 Å². The van der Waals surface area contributed by atoms with Gasteiger partial charge in [-0.15, -0.1) is 0 Å². The summed E-state index contributed by atoms with van der Waals surface area (Å²) < 4.78 is 14.7. The van der Waals surface area contributed by atoms with Crippen LogP contribution >= 0.6 is 11.8 Å². The molecule has 138 valence electrons. The van der Waals surface area contributed by atoms with Gasteiger partial charge in [-0.25, -0.2) is 4.39 Å². The minimum Gasteiger partial charge on any atom is -0.267 e. The average molecular weight is 388 g/mol. The molecule has 3 aromatic carbocycles. The van der Waals surface area contributed by atoms with Crippen molar-refractivity contribution in [3.8, 4) is 11.3 Å². The average Bonchev–Trinajstić information content (AvgIpc) is 3.05. The van der Waals surface area contributed by atoms with E-state index in [9.17, 15) is 9.18 Å². The molecule has 1 heterocycles. The zero-order valence-corrected chi connectivity index (χ0v) is 16.0. The number of aryl methyl sites for hydroxylation is 1. The molecule has 0 aliphatic heterocycles. The fraction of sp³-hybridized carbons (Fsp3) is 0.0435. The molecule has 0 aliphatic carbocycles. The largest absolute Gasteiger partial charge is 0.278 e. The van der Waals surface area contributed by atoms with E-state index < -0.39 is 0 Å². The molecule has 4 aromatic rings. The quantitative estimate of drug-likeness (QED) is 0.441. The maximum atomic E-state index is 13.3. The molecule has 1 aromatic heterocycles. The number of hydrogen-bond donors (Lipinski definition) is 0. The van der Waals surface area contributed by atoms with Crippen molar-refractivity contribution >= 4 is 17.7 Å². The Morgan fingerprint density at radius 1 is 0.893 bits per heavy atom. The lowest BCUT2D eigenvalue weighted by atomic mass is 10.1. The topological polar surface area (TPSA) is 34.9 Å². The number of hydrogen-bond acceptors (Lipinski definition) is 3. The fourth-order valence-corrected chi connectivity index (χ4v) is 3.97. The van der Waals surface area contributed by atoms with Crippen LogP contribution in [0.4, 0.5) is 4.39 Å². The van der Waals surface area contributed by atoms with E-state index in [0.29, 0.717) is 5.56 Å². The lowest BCUT2D eigenvalue weighted by Gasteiger charge is -2.09. The first-order valence-corrected chi connectivity index (χ1v) is 9.63. The Morgan fingerprint density at radius 3 is 2.14 bits per heavy atom. The van der Waals surface area contributed by atoms with Gasteiger partial charge in [-0.3, -0.25) is 4.79 Å². The monoisotopic (exact) mass is 388 g/mol. The Hall–Kier alpha value is -3.18. The van der Waals surface area contributed by atoms with Crippen LogP contribution in [-0.2, 0) is 0 Å². The predicted octanol–water partition coefficient (Wildman–Crippen LogP) is 5.84. The Kier molecular flexibility index (Phi) is 5.08. The lowest BCUT2D eigenvalue weighted by molar-refractivity contribution is 0.0946. The molecular weight excluding hydrogens is 371 g/mol. The summed E-state index contributed by atoms with van der Waals surface area (Å²) in [5.41, 5.74) is 2.79. The van der Waals surface area contributed by atoms with E-state index in [1.807, 2.05) is 67.6 Å². The first kappa shape index (κ1) is 18.2. The summed E-state index contributed by atoms with van der Waals surface area (Å²) in [5.74, 6) is -0.668. The molecule has 5 heteroatoms. The minimum atomic E-state index is -0.378. The van der Waals surface area contributed by atoms with E-state index >= 15 is 0 Å². The molecule has 0 radical (unpaired) electrons. The lowest BCUT2D eigenvalue weighted by Crippen LogP contribution is -2.15. The molecule has 3 nitrogen and oxygen atoms in total. The van der Waals surface area contributed by atoms with Gasteiger partial charge in [0, 0.05) is 16.0 Å².